The van der Waals surface area contributed by atoms with Crippen molar-refractivity contribution in [2.45, 2.75) is 23.7 Å². The third-order valence-electron chi connectivity index (χ3n) is 7.31. The van der Waals surface area contributed by atoms with Crippen LogP contribution in [-0.4, -0.2) is 42.0 Å². The average molecular weight is 530 g/mol. The Morgan fingerprint density at radius 3 is 2.45 bits per heavy atom. The van der Waals surface area contributed by atoms with Crippen molar-refractivity contribution in [2.24, 2.45) is 11.5 Å². The zero-order valence-electron chi connectivity index (χ0n) is 20.3. The second-order valence-electron chi connectivity index (χ2n) is 9.65. The molecule has 10 heteroatoms. The predicted molar refractivity (Wildman–Crippen MR) is 146 cm³/mol. The molecule has 4 aromatic rings. The highest BCUT2D eigenvalue weighted by atomic mass is 32.1. The first-order valence-electron chi connectivity index (χ1n) is 12.3. The summed E-state index contributed by atoms with van der Waals surface area (Å²) >= 11 is 1.18. The number of β-amino-alcohol motifs (C(OH)–C–C–N with tert-alkyl or cyclic N) is 1. The summed E-state index contributed by atoms with van der Waals surface area (Å²) in [5, 5.41) is 16.7. The number of aliphatic hydroxyl groups excluding tert-OH is 1. The molecular weight excluding hydrogens is 502 g/mol. The molecule has 0 radical (unpaired) electrons. The van der Waals surface area contributed by atoms with Gasteiger partial charge in [-0.25, -0.2) is 0 Å². The van der Waals surface area contributed by atoms with Crippen LogP contribution >= 0.6 is 11.3 Å². The van der Waals surface area contributed by atoms with Crippen LogP contribution in [0.15, 0.2) is 66.7 Å². The molecule has 0 saturated carbocycles. The van der Waals surface area contributed by atoms with E-state index < -0.39 is 35.4 Å². The van der Waals surface area contributed by atoms with Gasteiger partial charge in [0.1, 0.15) is 17.0 Å². The smallest absolute Gasteiger partial charge is 0.262 e. The normalized spacial score (nSPS) is 24.5. The lowest BCUT2D eigenvalue weighted by molar-refractivity contribution is -0.124. The summed E-state index contributed by atoms with van der Waals surface area (Å²) < 4.78 is 6.54. The molecule has 0 bridgehead atoms. The van der Waals surface area contributed by atoms with Crippen LogP contribution in [0.25, 0.3) is 10.1 Å². The van der Waals surface area contributed by atoms with Crippen molar-refractivity contribution in [3.05, 3.63) is 88.3 Å². The van der Waals surface area contributed by atoms with Gasteiger partial charge in [0.15, 0.2) is 5.78 Å². The number of Topliss-reactive ketones (excluding diaryl/α,β-unsaturated/α-hetero) is 1. The van der Waals surface area contributed by atoms with E-state index in [2.05, 4.69) is 10.6 Å². The largest absolute Gasteiger partial charge is 0.457 e. The number of carbonyl (C=O) groups excluding carboxylic acids is 2. The number of nitrogens with one attached hydrogen (secondary N) is 2. The Bertz CT molecular complexity index is 1560. The molecule has 194 valence electrons. The van der Waals surface area contributed by atoms with Gasteiger partial charge in [0, 0.05) is 29.7 Å². The van der Waals surface area contributed by atoms with Gasteiger partial charge in [0.2, 0.25) is 0 Å². The molecule has 1 fully saturated rings. The Kier molecular flexibility index (Phi) is 5.93. The number of carbonyl (C=O) groups is 2. The second kappa shape index (κ2) is 9.19. The molecule has 2 aliphatic rings. The number of hydrogen-bond acceptors (Lipinski definition) is 9. The number of amides is 1. The van der Waals surface area contributed by atoms with Crippen molar-refractivity contribution in [1.29, 1.82) is 0 Å². The standard InChI is InChI=1S/C28H27N5O4S/c29-18-11-10-17-21-22(25(38-24(18)21)27(36)33-19-12-32-13-20(19)34)23(30)26(35)28(17,31)14-6-8-16(9-7-14)37-15-4-2-1-3-5-15/h1-11,19-20,23,32,34H,12-13,29-31H2,(H,33,36)/t19-,20-,23?,28?/m0/s1. The van der Waals surface area contributed by atoms with Gasteiger partial charge in [-0.15, -0.1) is 11.3 Å². The van der Waals surface area contributed by atoms with Crippen LogP contribution in [0.4, 0.5) is 5.69 Å². The summed E-state index contributed by atoms with van der Waals surface area (Å²) in [7, 11) is 0. The quantitative estimate of drug-likeness (QED) is 0.214. The Morgan fingerprint density at radius 2 is 1.76 bits per heavy atom. The summed E-state index contributed by atoms with van der Waals surface area (Å²) in [6.45, 7) is 0.839. The van der Waals surface area contributed by atoms with Crippen molar-refractivity contribution >= 4 is 38.8 Å². The van der Waals surface area contributed by atoms with Gasteiger partial charge in [-0.1, -0.05) is 36.4 Å². The summed E-state index contributed by atoms with van der Waals surface area (Å²) in [5.74, 6) is 0.447. The molecule has 1 aliphatic heterocycles. The molecule has 38 heavy (non-hydrogen) atoms. The van der Waals surface area contributed by atoms with Crippen molar-refractivity contribution in [3.63, 3.8) is 0 Å². The average Bonchev–Trinajstić information content (AvgIpc) is 3.52. The van der Waals surface area contributed by atoms with Crippen LogP contribution < -0.4 is 32.6 Å². The fourth-order valence-corrected chi connectivity index (χ4v) is 6.51. The minimum Gasteiger partial charge on any atom is -0.457 e. The van der Waals surface area contributed by atoms with Gasteiger partial charge in [0.25, 0.3) is 5.91 Å². The number of hydrogen-bond donors (Lipinski definition) is 6. The van der Waals surface area contributed by atoms with E-state index in [-0.39, 0.29) is 0 Å². The van der Waals surface area contributed by atoms with E-state index in [1.165, 1.54) is 11.3 Å². The van der Waals surface area contributed by atoms with Crippen molar-refractivity contribution in [3.8, 4) is 11.5 Å². The van der Waals surface area contributed by atoms with Crippen LogP contribution in [0.2, 0.25) is 0 Å². The van der Waals surface area contributed by atoms with E-state index in [0.717, 1.165) is 0 Å². The highest BCUT2D eigenvalue weighted by molar-refractivity contribution is 7.21. The fourth-order valence-electron chi connectivity index (χ4n) is 5.30. The highest BCUT2D eigenvalue weighted by Crippen LogP contribution is 2.49. The zero-order valence-corrected chi connectivity index (χ0v) is 21.1. The molecule has 1 aliphatic carbocycles. The Balaban J connectivity index is 1.43. The number of anilines is 1. The summed E-state index contributed by atoms with van der Waals surface area (Å²) in [5.41, 5.74) is 20.2. The van der Waals surface area contributed by atoms with E-state index in [9.17, 15) is 14.7 Å². The van der Waals surface area contributed by atoms with Gasteiger partial charge in [-0.05, 0) is 41.5 Å². The Labute approximate surface area is 222 Å². The number of aliphatic hydroxyl groups is 1. The van der Waals surface area contributed by atoms with Crippen molar-refractivity contribution in [2.75, 3.05) is 18.8 Å². The van der Waals surface area contributed by atoms with Crippen LogP contribution in [0.1, 0.15) is 32.4 Å². The number of ether oxygens (including phenoxy) is 1. The third kappa shape index (κ3) is 3.77. The van der Waals surface area contributed by atoms with Crippen LogP contribution in [0.3, 0.4) is 0 Å². The lowest BCUT2D eigenvalue weighted by Crippen LogP contribution is -2.52. The van der Waals surface area contributed by atoms with E-state index in [1.54, 1.807) is 36.4 Å². The first-order chi connectivity index (χ1) is 18.3. The van der Waals surface area contributed by atoms with Gasteiger partial charge >= 0.3 is 0 Å². The maximum atomic E-state index is 13.9. The molecule has 1 saturated heterocycles. The molecule has 2 heterocycles. The molecule has 0 spiro atoms. The molecule has 4 atom stereocenters. The summed E-state index contributed by atoms with van der Waals surface area (Å²) in [6.07, 6.45) is -0.703. The lowest BCUT2D eigenvalue weighted by Gasteiger charge is -2.36. The topological polar surface area (TPSA) is 166 Å². The number of ketones is 1. The third-order valence-corrected chi connectivity index (χ3v) is 8.56. The first kappa shape index (κ1) is 24.5. The number of rotatable bonds is 5. The van der Waals surface area contributed by atoms with E-state index in [0.29, 0.717) is 61.9 Å². The zero-order chi connectivity index (χ0) is 26.6. The lowest BCUT2D eigenvalue weighted by atomic mass is 9.70. The first-order valence-corrected chi connectivity index (χ1v) is 13.1. The molecule has 3 aromatic carbocycles. The molecular formula is C28H27N5O4S. The Morgan fingerprint density at radius 1 is 1.05 bits per heavy atom. The Hall–Kier alpha value is -3.80. The highest BCUT2D eigenvalue weighted by Gasteiger charge is 2.49. The van der Waals surface area contributed by atoms with E-state index in [4.69, 9.17) is 21.9 Å². The van der Waals surface area contributed by atoms with Crippen molar-refractivity contribution in [1.82, 2.24) is 10.6 Å². The molecule has 1 amide bonds. The SMILES string of the molecule is Nc1ccc2c3c(c(C(=O)N[C@H]4CNC[C@@H]4O)sc13)C(N)C(=O)C2(N)c1ccc(Oc2ccccc2)cc1. The summed E-state index contributed by atoms with van der Waals surface area (Å²) in [6, 6.07) is 18.2. The number of benzene rings is 3. The van der Waals surface area contributed by atoms with Crippen LogP contribution in [-0.2, 0) is 10.3 Å². The van der Waals surface area contributed by atoms with E-state index >= 15 is 0 Å². The predicted octanol–water partition coefficient (Wildman–Crippen LogP) is 2.12. The number of nitrogen functional groups attached to an aromatic ring is 1. The van der Waals surface area contributed by atoms with Gasteiger partial charge in [0.05, 0.1) is 27.8 Å². The minimum atomic E-state index is -1.55. The number of nitrogens with two attached hydrogens (primary N) is 3. The molecule has 1 aromatic heterocycles. The summed E-state index contributed by atoms with van der Waals surface area (Å²) in [4.78, 5) is 27.5. The van der Waals surface area contributed by atoms with Gasteiger partial charge in [-0.2, -0.15) is 0 Å². The van der Waals surface area contributed by atoms with Gasteiger partial charge in [-0.3, -0.25) is 9.59 Å². The fraction of sp³-hybridized carbons (Fsp3) is 0.214. The van der Waals surface area contributed by atoms with E-state index in [1.807, 2.05) is 30.3 Å². The monoisotopic (exact) mass is 529 g/mol. The van der Waals surface area contributed by atoms with Crippen LogP contribution in [0, 0.1) is 0 Å². The number of thiophene rings is 1. The second-order valence-corrected chi connectivity index (χ2v) is 10.7. The van der Waals surface area contributed by atoms with Crippen molar-refractivity contribution < 1.29 is 19.4 Å². The molecule has 2 unspecified atom stereocenters. The molecule has 6 rings (SSSR count). The maximum absolute atomic E-state index is 13.9. The molecule has 9 N–H and O–H groups in total. The van der Waals surface area contributed by atoms with Crippen LogP contribution in [0.5, 0.6) is 11.5 Å². The maximum Gasteiger partial charge on any atom is 0.262 e. The number of para-hydroxylation sites is 1. The molecule has 9 nitrogen and oxygen atoms in total. The minimum absolute atomic E-state index is 0.299. The van der Waals surface area contributed by atoms with Gasteiger partial charge < -0.3 is 37.7 Å².